The van der Waals surface area contributed by atoms with Gasteiger partial charge in [0, 0.05) is 9.86 Å². The summed E-state index contributed by atoms with van der Waals surface area (Å²) in [5.41, 5.74) is 4.57. The van der Waals surface area contributed by atoms with Gasteiger partial charge in [-0.15, -0.1) is 0 Å². The molecule has 0 fully saturated rings. The van der Waals surface area contributed by atoms with Gasteiger partial charge in [-0.3, -0.25) is 5.84 Å². The maximum absolute atomic E-state index is 5.61. The maximum Gasteiger partial charge on any atom is 0.0877 e. The van der Waals surface area contributed by atoms with Crippen LogP contribution in [0.3, 0.4) is 0 Å². The number of rotatable bonds is 5. The second-order valence-electron chi connectivity index (χ2n) is 4.65. The summed E-state index contributed by atoms with van der Waals surface area (Å²) < 4.78 is 6.54. The van der Waals surface area contributed by atoms with Crippen molar-refractivity contribution >= 4 is 26.8 Å². The Balaban J connectivity index is 2.33. The Morgan fingerprint density at radius 3 is 2.79 bits per heavy atom. The first-order valence-electron chi connectivity index (χ1n) is 6.24. The number of hydrazine groups is 1. The van der Waals surface area contributed by atoms with Gasteiger partial charge in [0.15, 0.2) is 0 Å². The highest BCUT2D eigenvalue weighted by Crippen LogP contribution is 2.26. The first kappa shape index (κ1) is 14.4. The normalized spacial score (nSPS) is 13.1. The monoisotopic (exact) mass is 323 g/mol. The zero-order chi connectivity index (χ0) is 13.8. The van der Waals surface area contributed by atoms with Crippen LogP contribution in [0.15, 0.2) is 34.8 Å². The van der Waals surface area contributed by atoms with Gasteiger partial charge >= 0.3 is 0 Å². The molecule has 1 unspecified atom stereocenters. The lowest BCUT2D eigenvalue weighted by atomic mass is 10.1. The summed E-state index contributed by atoms with van der Waals surface area (Å²) in [6.45, 7) is 4.48. The number of fused-ring (bicyclic) bond motifs is 1. The fourth-order valence-electron chi connectivity index (χ4n) is 1.84. The highest BCUT2D eigenvalue weighted by atomic mass is 79.9. The van der Waals surface area contributed by atoms with Crippen LogP contribution in [0.25, 0.3) is 10.9 Å². The van der Waals surface area contributed by atoms with Gasteiger partial charge < -0.3 is 4.74 Å². The SMILES string of the molecule is CC(C)OCC(NN)c1nc2ccccc2cc1Br. The van der Waals surface area contributed by atoms with E-state index in [4.69, 9.17) is 10.6 Å². The molecule has 102 valence electrons. The van der Waals surface area contributed by atoms with E-state index in [1.807, 2.05) is 38.1 Å². The summed E-state index contributed by atoms with van der Waals surface area (Å²) in [5.74, 6) is 5.61. The summed E-state index contributed by atoms with van der Waals surface area (Å²) in [6, 6.07) is 9.91. The van der Waals surface area contributed by atoms with E-state index in [1.165, 1.54) is 0 Å². The Morgan fingerprint density at radius 2 is 2.11 bits per heavy atom. The fraction of sp³-hybridized carbons (Fsp3) is 0.357. The van der Waals surface area contributed by atoms with E-state index in [1.54, 1.807) is 0 Å². The first-order chi connectivity index (χ1) is 9.11. The second kappa shape index (κ2) is 6.43. The number of halogens is 1. The van der Waals surface area contributed by atoms with Crippen LogP contribution in [0.5, 0.6) is 0 Å². The molecule has 2 aromatic rings. The van der Waals surface area contributed by atoms with Crippen LogP contribution in [0, 0.1) is 0 Å². The minimum absolute atomic E-state index is 0.138. The molecule has 3 N–H and O–H groups in total. The second-order valence-corrected chi connectivity index (χ2v) is 5.50. The average molecular weight is 324 g/mol. The number of nitrogens with zero attached hydrogens (tertiary/aromatic N) is 1. The fourth-order valence-corrected chi connectivity index (χ4v) is 2.46. The van der Waals surface area contributed by atoms with E-state index in [9.17, 15) is 0 Å². The van der Waals surface area contributed by atoms with E-state index in [2.05, 4.69) is 32.4 Å². The van der Waals surface area contributed by atoms with Crippen molar-refractivity contribution < 1.29 is 4.74 Å². The zero-order valence-corrected chi connectivity index (χ0v) is 12.6. The van der Waals surface area contributed by atoms with Gasteiger partial charge in [-0.25, -0.2) is 10.4 Å². The Hall–Kier alpha value is -1.01. The quantitative estimate of drug-likeness (QED) is 0.656. The van der Waals surface area contributed by atoms with Crippen LogP contribution >= 0.6 is 15.9 Å². The molecule has 2 rings (SSSR count). The lowest BCUT2D eigenvalue weighted by Gasteiger charge is -2.19. The summed E-state index contributed by atoms with van der Waals surface area (Å²) >= 11 is 3.55. The summed E-state index contributed by atoms with van der Waals surface area (Å²) in [7, 11) is 0. The van der Waals surface area contributed by atoms with E-state index >= 15 is 0 Å². The van der Waals surface area contributed by atoms with Crippen molar-refractivity contribution in [3.8, 4) is 0 Å². The predicted octanol–water partition coefficient (Wildman–Crippen LogP) is 2.93. The number of nitrogens with one attached hydrogen (secondary N) is 1. The molecule has 1 aromatic carbocycles. The van der Waals surface area contributed by atoms with Crippen LogP contribution in [-0.2, 0) is 4.74 Å². The van der Waals surface area contributed by atoms with Crippen molar-refractivity contribution in [2.45, 2.75) is 26.0 Å². The minimum atomic E-state index is -0.138. The molecular formula is C14H18BrN3O. The topological polar surface area (TPSA) is 60.2 Å². The largest absolute Gasteiger partial charge is 0.377 e. The molecule has 1 atom stereocenters. The maximum atomic E-state index is 5.61. The van der Waals surface area contributed by atoms with Crippen molar-refractivity contribution in [3.63, 3.8) is 0 Å². The number of hydrogen-bond donors (Lipinski definition) is 2. The molecule has 0 aliphatic rings. The van der Waals surface area contributed by atoms with Gasteiger partial charge in [0.1, 0.15) is 0 Å². The van der Waals surface area contributed by atoms with Crippen LogP contribution in [-0.4, -0.2) is 17.7 Å². The van der Waals surface area contributed by atoms with Crippen molar-refractivity contribution in [1.82, 2.24) is 10.4 Å². The molecule has 0 saturated heterocycles. The molecule has 0 spiro atoms. The predicted molar refractivity (Wildman–Crippen MR) is 80.6 cm³/mol. The van der Waals surface area contributed by atoms with E-state index < -0.39 is 0 Å². The number of hydrogen-bond acceptors (Lipinski definition) is 4. The third-order valence-electron chi connectivity index (χ3n) is 2.83. The number of nitrogens with two attached hydrogens (primary N) is 1. The number of para-hydroxylation sites is 1. The molecule has 5 heteroatoms. The van der Waals surface area contributed by atoms with Gasteiger partial charge in [-0.05, 0) is 41.9 Å². The van der Waals surface area contributed by atoms with Gasteiger partial charge in [0.25, 0.3) is 0 Å². The summed E-state index contributed by atoms with van der Waals surface area (Å²) in [6.07, 6.45) is 0.162. The van der Waals surface area contributed by atoms with Crippen LogP contribution in [0.1, 0.15) is 25.6 Å². The molecule has 0 aliphatic carbocycles. The van der Waals surface area contributed by atoms with Gasteiger partial charge in [0.05, 0.1) is 30.0 Å². The van der Waals surface area contributed by atoms with E-state index in [0.29, 0.717) is 6.61 Å². The van der Waals surface area contributed by atoms with Gasteiger partial charge in [-0.1, -0.05) is 18.2 Å². The summed E-state index contributed by atoms with van der Waals surface area (Å²) in [4.78, 5) is 4.65. The number of benzene rings is 1. The van der Waals surface area contributed by atoms with Gasteiger partial charge in [0.2, 0.25) is 0 Å². The highest BCUT2D eigenvalue weighted by molar-refractivity contribution is 9.10. The number of pyridine rings is 1. The zero-order valence-electron chi connectivity index (χ0n) is 11.1. The highest BCUT2D eigenvalue weighted by Gasteiger charge is 2.16. The van der Waals surface area contributed by atoms with Crippen molar-refractivity contribution in [3.05, 3.63) is 40.5 Å². The Labute approximate surface area is 121 Å². The van der Waals surface area contributed by atoms with Crippen LogP contribution < -0.4 is 11.3 Å². The standard InChI is InChI=1S/C14H18BrN3O/c1-9(2)19-8-13(18-16)14-11(15)7-10-5-3-4-6-12(10)17-14/h3-7,9,13,18H,8,16H2,1-2H3. The molecule has 0 radical (unpaired) electrons. The van der Waals surface area contributed by atoms with E-state index in [0.717, 1.165) is 21.1 Å². The smallest absolute Gasteiger partial charge is 0.0877 e. The molecule has 1 aromatic heterocycles. The van der Waals surface area contributed by atoms with Crippen molar-refractivity contribution in [2.24, 2.45) is 5.84 Å². The van der Waals surface area contributed by atoms with E-state index in [-0.39, 0.29) is 12.1 Å². The third kappa shape index (κ3) is 3.51. The van der Waals surface area contributed by atoms with Crippen LogP contribution in [0.2, 0.25) is 0 Å². The Morgan fingerprint density at radius 1 is 1.37 bits per heavy atom. The first-order valence-corrected chi connectivity index (χ1v) is 7.04. The lowest BCUT2D eigenvalue weighted by molar-refractivity contribution is 0.0603. The lowest BCUT2D eigenvalue weighted by Crippen LogP contribution is -2.33. The summed E-state index contributed by atoms with van der Waals surface area (Å²) in [5, 5.41) is 1.10. The van der Waals surface area contributed by atoms with Crippen molar-refractivity contribution in [1.29, 1.82) is 0 Å². The molecule has 0 aliphatic heterocycles. The Bertz CT molecular complexity index is 559. The minimum Gasteiger partial charge on any atom is -0.377 e. The van der Waals surface area contributed by atoms with Gasteiger partial charge in [-0.2, -0.15) is 0 Å². The molecule has 0 amide bonds. The average Bonchev–Trinajstić information content (AvgIpc) is 2.39. The number of aromatic nitrogens is 1. The molecular weight excluding hydrogens is 306 g/mol. The third-order valence-corrected chi connectivity index (χ3v) is 3.47. The molecule has 4 nitrogen and oxygen atoms in total. The van der Waals surface area contributed by atoms with Crippen molar-refractivity contribution in [2.75, 3.05) is 6.61 Å². The molecule has 0 bridgehead atoms. The number of ether oxygens (including phenoxy) is 1. The Kier molecular flexibility index (Phi) is 4.87. The van der Waals surface area contributed by atoms with Crippen LogP contribution in [0.4, 0.5) is 0 Å². The molecule has 19 heavy (non-hydrogen) atoms. The molecule has 0 saturated carbocycles. The molecule has 1 heterocycles.